The summed E-state index contributed by atoms with van der Waals surface area (Å²) in [5, 5.41) is 30.5. The number of hydrogen-bond donors (Lipinski definition) is 3. The number of fused-ring (bicyclic) bond motifs is 1. The van der Waals surface area contributed by atoms with E-state index in [4.69, 9.17) is 16.7 Å². The number of aromatic nitrogens is 5. The van der Waals surface area contributed by atoms with Crippen LogP contribution in [-0.2, 0) is 18.5 Å². The highest BCUT2D eigenvalue weighted by atomic mass is 35.5. The number of phenolic OH excluding ortho intramolecular Hbond substituents is 1. The Morgan fingerprint density at radius 2 is 1.79 bits per heavy atom. The van der Waals surface area contributed by atoms with E-state index in [1.54, 1.807) is 28.6 Å². The second kappa shape index (κ2) is 13.7. The molecule has 6 aromatic rings. The van der Waals surface area contributed by atoms with E-state index in [1.165, 1.54) is 6.07 Å². The molecule has 0 aliphatic carbocycles. The molecule has 48 heavy (non-hydrogen) atoms. The molecule has 3 aromatic heterocycles. The number of carbonyl (C=O) groups is 1. The molecule has 6 rings (SSSR count). The first-order valence-corrected chi connectivity index (χ1v) is 16.6. The maximum atomic E-state index is 13.3. The predicted octanol–water partition coefficient (Wildman–Crippen LogP) is 7.77. The number of benzene rings is 3. The lowest BCUT2D eigenvalue weighted by Crippen LogP contribution is -2.29. The minimum atomic E-state index is -0.335. The molecule has 3 heterocycles. The van der Waals surface area contributed by atoms with Gasteiger partial charge in [0.25, 0.3) is 0 Å². The van der Waals surface area contributed by atoms with E-state index in [0.29, 0.717) is 34.4 Å². The molecule has 3 N–H and O–H groups in total. The molecule has 0 aliphatic heterocycles. The lowest BCUT2D eigenvalue weighted by Gasteiger charge is -2.15. The first kappa shape index (κ1) is 33.1. The van der Waals surface area contributed by atoms with Crippen molar-refractivity contribution in [3.63, 3.8) is 0 Å². The van der Waals surface area contributed by atoms with Gasteiger partial charge in [-0.3, -0.25) is 9.72 Å². The monoisotopic (exact) mass is 680 g/mol. The second-order valence-electron chi connectivity index (χ2n) is 12.8. The maximum Gasteiger partial charge on any atom is 0.320 e. The van der Waals surface area contributed by atoms with Crippen molar-refractivity contribution in [2.24, 2.45) is 0 Å². The number of nitrogens with zero attached hydrogens (tertiary/aromatic N) is 6. The molecule has 0 saturated carbocycles. The minimum absolute atomic E-state index is 0.0666. The molecule has 0 radical (unpaired) electrons. The highest BCUT2D eigenvalue weighted by Gasteiger charge is 2.22. The van der Waals surface area contributed by atoms with E-state index in [1.807, 2.05) is 79.3 Å². The fourth-order valence-corrected chi connectivity index (χ4v) is 6.34. The molecule has 0 aliphatic rings. The topological polar surface area (TPSA) is 113 Å². The van der Waals surface area contributed by atoms with Crippen LogP contribution in [-0.4, -0.2) is 54.5 Å². The van der Waals surface area contributed by atoms with Gasteiger partial charge in [-0.05, 0) is 73.8 Å². The smallest absolute Gasteiger partial charge is 0.320 e. The molecule has 0 fully saturated rings. The Morgan fingerprint density at radius 1 is 0.979 bits per heavy atom. The Bertz CT molecular complexity index is 2100. The van der Waals surface area contributed by atoms with Gasteiger partial charge >= 0.3 is 6.03 Å². The first-order chi connectivity index (χ1) is 22.9. The number of phenols is 1. The van der Waals surface area contributed by atoms with Gasteiger partial charge in [0.05, 0.1) is 16.9 Å². The Hall–Kier alpha value is -4.84. The summed E-state index contributed by atoms with van der Waals surface area (Å²) >= 11 is 7.76. The van der Waals surface area contributed by atoms with Gasteiger partial charge < -0.3 is 15.3 Å². The van der Waals surface area contributed by atoms with Crippen LogP contribution in [0.1, 0.15) is 37.6 Å². The van der Waals surface area contributed by atoms with E-state index in [2.05, 4.69) is 58.6 Å². The summed E-state index contributed by atoms with van der Waals surface area (Å²) in [6.07, 6.45) is 1.92. The molecule has 3 aromatic carbocycles. The van der Waals surface area contributed by atoms with Crippen molar-refractivity contribution < 1.29 is 9.90 Å². The third-order valence-corrected chi connectivity index (χ3v) is 8.92. The van der Waals surface area contributed by atoms with Gasteiger partial charge in [0, 0.05) is 45.6 Å². The summed E-state index contributed by atoms with van der Waals surface area (Å²) in [6, 6.07) is 26.4. The van der Waals surface area contributed by atoms with E-state index < -0.39 is 0 Å². The molecule has 12 heteroatoms. The van der Waals surface area contributed by atoms with Gasteiger partial charge in [-0.2, -0.15) is 5.10 Å². The zero-order valence-corrected chi connectivity index (χ0v) is 29.0. The van der Waals surface area contributed by atoms with Crippen LogP contribution in [0.3, 0.4) is 0 Å². The third-order valence-electron chi connectivity index (χ3n) is 7.59. The quantitative estimate of drug-likeness (QED) is 0.143. The van der Waals surface area contributed by atoms with Crippen molar-refractivity contribution in [1.29, 1.82) is 0 Å². The Morgan fingerprint density at radius 3 is 2.58 bits per heavy atom. The van der Waals surface area contributed by atoms with Crippen LogP contribution in [0.15, 0.2) is 101 Å². The van der Waals surface area contributed by atoms with Crippen LogP contribution >= 0.6 is 23.4 Å². The lowest BCUT2D eigenvalue weighted by molar-refractivity contribution is 0.251. The summed E-state index contributed by atoms with van der Waals surface area (Å²) in [6.45, 7) is 7.41. The number of pyridine rings is 1. The largest absolute Gasteiger partial charge is 0.507 e. The molecule has 10 nitrogen and oxygen atoms in total. The van der Waals surface area contributed by atoms with Gasteiger partial charge in [0.1, 0.15) is 11.6 Å². The molecule has 0 saturated heterocycles. The molecular weight excluding hydrogens is 644 g/mol. The molecule has 0 spiro atoms. The van der Waals surface area contributed by atoms with Crippen molar-refractivity contribution in [3.8, 4) is 22.8 Å². The zero-order chi connectivity index (χ0) is 34.0. The fraction of sp³-hybridized carbons (Fsp3) is 0.222. The van der Waals surface area contributed by atoms with Crippen LogP contribution in [0.5, 0.6) is 5.75 Å². The van der Waals surface area contributed by atoms with Gasteiger partial charge in [-0.25, -0.2) is 9.48 Å². The van der Waals surface area contributed by atoms with Crippen LogP contribution in [0, 0.1) is 0 Å². The molecule has 0 unspecified atom stereocenters. The number of anilines is 1. The maximum absolute atomic E-state index is 13.3. The Kier molecular flexibility index (Phi) is 9.45. The number of hydrogen-bond acceptors (Lipinski definition) is 7. The van der Waals surface area contributed by atoms with Crippen molar-refractivity contribution in [1.82, 2.24) is 34.6 Å². The summed E-state index contributed by atoms with van der Waals surface area (Å²) in [4.78, 5) is 17.4. The van der Waals surface area contributed by atoms with E-state index in [0.717, 1.165) is 38.8 Å². The summed E-state index contributed by atoms with van der Waals surface area (Å²) in [7, 11) is 4.07. The molecule has 0 atom stereocenters. The third kappa shape index (κ3) is 7.49. The number of urea groups is 1. The number of rotatable bonds is 9. The Balaban J connectivity index is 1.20. The highest BCUT2D eigenvalue weighted by Crippen LogP contribution is 2.34. The first-order valence-electron chi connectivity index (χ1n) is 15.4. The van der Waals surface area contributed by atoms with Crippen LogP contribution in [0.25, 0.3) is 22.7 Å². The summed E-state index contributed by atoms with van der Waals surface area (Å²) in [5.74, 6) is 1.14. The van der Waals surface area contributed by atoms with Crippen LogP contribution < -0.4 is 10.6 Å². The van der Waals surface area contributed by atoms with Gasteiger partial charge in [0.15, 0.2) is 11.5 Å². The number of amides is 2. The van der Waals surface area contributed by atoms with Crippen molar-refractivity contribution in [3.05, 3.63) is 113 Å². The lowest BCUT2D eigenvalue weighted by atomic mass is 9.92. The Labute approximate surface area is 288 Å². The standard InChI is InChI=1S/C36H37ClN8O2S/c1-36(2,3)31-19-33(45(42-31)26-11-8-9-23(17-26)21-43(4)5)39-35(47)38-20-24-10-6-7-12-30(24)48-27-14-16-32-40-41-34(44(32)22-27)28-18-25(37)13-15-29(28)46/h6-19,22,46H,20-21H2,1-5H3,(H2,38,39,47). The minimum Gasteiger partial charge on any atom is -0.507 e. The summed E-state index contributed by atoms with van der Waals surface area (Å²) in [5.41, 5.74) is 4.77. The SMILES string of the molecule is CN(C)Cc1cccc(-n2nc(C(C)(C)C)cc2NC(=O)NCc2ccccc2Sc2ccc3nnc(-c4cc(Cl)ccc4O)n3c2)c1. The number of carbonyl (C=O) groups excluding carboxylic acids is 1. The average molecular weight is 681 g/mol. The summed E-state index contributed by atoms with van der Waals surface area (Å²) < 4.78 is 3.62. The normalized spacial score (nSPS) is 11.7. The van der Waals surface area contributed by atoms with Crippen molar-refractivity contribution in [2.75, 3.05) is 19.4 Å². The molecular formula is C36H37ClN8O2S. The molecule has 0 bridgehead atoms. The van der Waals surface area contributed by atoms with Crippen LogP contribution in [0.4, 0.5) is 10.6 Å². The number of aromatic hydroxyl groups is 1. The van der Waals surface area contributed by atoms with Crippen molar-refractivity contribution >= 4 is 40.9 Å². The van der Waals surface area contributed by atoms with E-state index in [9.17, 15) is 9.90 Å². The fourth-order valence-electron chi connectivity index (χ4n) is 5.20. The zero-order valence-electron chi connectivity index (χ0n) is 27.4. The number of halogens is 1. The van der Waals surface area contributed by atoms with E-state index >= 15 is 0 Å². The van der Waals surface area contributed by atoms with Crippen LogP contribution in [0.2, 0.25) is 5.02 Å². The average Bonchev–Trinajstić information content (AvgIpc) is 3.66. The molecule has 2 amide bonds. The van der Waals surface area contributed by atoms with E-state index in [-0.39, 0.29) is 17.2 Å². The highest BCUT2D eigenvalue weighted by molar-refractivity contribution is 7.99. The van der Waals surface area contributed by atoms with Gasteiger partial charge in [-0.15, -0.1) is 10.2 Å². The van der Waals surface area contributed by atoms with Crippen molar-refractivity contribution in [2.45, 2.75) is 49.1 Å². The second-order valence-corrected chi connectivity index (χ2v) is 14.3. The van der Waals surface area contributed by atoms with Gasteiger partial charge in [0.2, 0.25) is 0 Å². The van der Waals surface area contributed by atoms with Gasteiger partial charge in [-0.1, -0.05) is 74.5 Å². The number of nitrogens with one attached hydrogen (secondary N) is 2. The molecule has 246 valence electrons. The predicted molar refractivity (Wildman–Crippen MR) is 191 cm³/mol.